The summed E-state index contributed by atoms with van der Waals surface area (Å²) in [6.07, 6.45) is -1.27. The molecule has 0 saturated carbocycles. The number of carbonyl (C=O) groups is 1. The molecular formula is C7H11F2NO2. The Kier molecular flexibility index (Phi) is 5.19. The Balaban J connectivity index is 4.00. The molecule has 0 heterocycles. The zero-order valence-corrected chi connectivity index (χ0v) is 6.72. The number of rotatable bonds is 4. The second kappa shape index (κ2) is 5.65. The van der Waals surface area contributed by atoms with Crippen LogP contribution in [0.1, 0.15) is 6.42 Å². The van der Waals surface area contributed by atoms with E-state index in [1.165, 1.54) is 7.11 Å². The van der Waals surface area contributed by atoms with Crippen LogP contribution >= 0.6 is 0 Å². The number of carbonyl (C=O) groups excluding carboxylic acids is 1. The standard InChI is InChI=1S/C7H11F2NO2/c1-12-7(11)3-5(4-10)2-6(8)9/h2,5H,3-4,10H2,1H3/t5-/m1/s1. The topological polar surface area (TPSA) is 52.3 Å². The van der Waals surface area contributed by atoms with E-state index in [-0.39, 0.29) is 13.0 Å². The minimum atomic E-state index is -1.82. The van der Waals surface area contributed by atoms with E-state index >= 15 is 0 Å². The summed E-state index contributed by atoms with van der Waals surface area (Å²) >= 11 is 0. The lowest BCUT2D eigenvalue weighted by molar-refractivity contribution is -0.141. The van der Waals surface area contributed by atoms with Gasteiger partial charge in [0.15, 0.2) is 0 Å². The minimum absolute atomic E-state index is 0.00639. The molecule has 0 aliphatic heterocycles. The van der Waals surface area contributed by atoms with Gasteiger partial charge in [0.25, 0.3) is 6.08 Å². The van der Waals surface area contributed by atoms with E-state index in [9.17, 15) is 13.6 Å². The molecule has 0 aliphatic carbocycles. The van der Waals surface area contributed by atoms with Gasteiger partial charge in [0.05, 0.1) is 13.5 Å². The second-order valence-corrected chi connectivity index (χ2v) is 2.23. The van der Waals surface area contributed by atoms with Gasteiger partial charge in [-0.3, -0.25) is 4.79 Å². The number of halogens is 2. The van der Waals surface area contributed by atoms with Crippen LogP contribution in [0.2, 0.25) is 0 Å². The highest BCUT2D eigenvalue weighted by molar-refractivity contribution is 5.69. The third-order valence-corrected chi connectivity index (χ3v) is 1.32. The molecule has 0 spiro atoms. The minimum Gasteiger partial charge on any atom is -0.469 e. The van der Waals surface area contributed by atoms with Crippen molar-refractivity contribution < 1.29 is 18.3 Å². The number of nitrogens with two attached hydrogens (primary N) is 1. The van der Waals surface area contributed by atoms with E-state index in [1.807, 2.05) is 0 Å². The van der Waals surface area contributed by atoms with Crippen LogP contribution in [0, 0.1) is 5.92 Å². The summed E-state index contributed by atoms with van der Waals surface area (Å²) in [5, 5.41) is 0. The molecule has 5 heteroatoms. The summed E-state index contributed by atoms with van der Waals surface area (Å²) in [5.41, 5.74) is 5.14. The number of hydrogen-bond donors (Lipinski definition) is 1. The Morgan fingerprint density at radius 2 is 2.25 bits per heavy atom. The SMILES string of the molecule is COC(=O)C[C@@H](C=C(F)F)CN. The fraction of sp³-hybridized carbons (Fsp3) is 0.571. The maximum atomic E-state index is 11.7. The van der Waals surface area contributed by atoms with Gasteiger partial charge >= 0.3 is 5.97 Å². The highest BCUT2D eigenvalue weighted by Gasteiger charge is 2.11. The smallest absolute Gasteiger partial charge is 0.306 e. The predicted molar refractivity (Wildman–Crippen MR) is 39.5 cm³/mol. The van der Waals surface area contributed by atoms with E-state index in [1.54, 1.807) is 0 Å². The maximum Gasteiger partial charge on any atom is 0.306 e. The lowest BCUT2D eigenvalue weighted by Gasteiger charge is -2.06. The van der Waals surface area contributed by atoms with Crippen molar-refractivity contribution in [1.82, 2.24) is 0 Å². The van der Waals surface area contributed by atoms with Gasteiger partial charge < -0.3 is 10.5 Å². The number of hydrogen-bond acceptors (Lipinski definition) is 3. The molecule has 0 radical (unpaired) electrons. The first-order valence-corrected chi connectivity index (χ1v) is 3.39. The normalized spacial score (nSPS) is 12.0. The molecule has 1 atom stereocenters. The summed E-state index contributed by atoms with van der Waals surface area (Å²) in [4.78, 5) is 10.6. The largest absolute Gasteiger partial charge is 0.469 e. The van der Waals surface area contributed by atoms with Gasteiger partial charge in [-0.05, 0) is 12.6 Å². The van der Waals surface area contributed by atoms with E-state index in [0.29, 0.717) is 6.08 Å². The van der Waals surface area contributed by atoms with E-state index in [0.717, 1.165) is 0 Å². The maximum absolute atomic E-state index is 11.7. The summed E-state index contributed by atoms with van der Waals surface area (Å²) < 4.78 is 27.7. The van der Waals surface area contributed by atoms with Gasteiger partial charge in [-0.2, -0.15) is 8.78 Å². The van der Waals surface area contributed by atoms with Gasteiger partial charge in [0.2, 0.25) is 0 Å². The Morgan fingerprint density at radius 1 is 1.67 bits per heavy atom. The van der Waals surface area contributed by atoms with Crippen LogP contribution < -0.4 is 5.73 Å². The van der Waals surface area contributed by atoms with Gasteiger partial charge in [0, 0.05) is 5.92 Å². The molecule has 3 nitrogen and oxygen atoms in total. The van der Waals surface area contributed by atoms with Gasteiger partial charge in [-0.25, -0.2) is 0 Å². The van der Waals surface area contributed by atoms with Crippen LogP contribution in [-0.2, 0) is 9.53 Å². The molecule has 0 aliphatic rings. The highest BCUT2D eigenvalue weighted by Crippen LogP contribution is 2.09. The lowest BCUT2D eigenvalue weighted by Crippen LogP contribution is -2.17. The molecule has 0 aromatic heterocycles. The van der Waals surface area contributed by atoms with E-state index < -0.39 is 18.0 Å². The Bertz CT molecular complexity index is 178. The predicted octanol–water partition coefficient (Wildman–Crippen LogP) is 0.905. The summed E-state index contributed by atoms with van der Waals surface area (Å²) in [6.45, 7) is 0.00639. The molecule has 12 heavy (non-hydrogen) atoms. The molecule has 0 amide bonds. The Labute approximate surface area is 69.2 Å². The molecular weight excluding hydrogens is 168 g/mol. The summed E-state index contributed by atoms with van der Waals surface area (Å²) in [6, 6.07) is 0. The fourth-order valence-electron chi connectivity index (χ4n) is 0.686. The highest BCUT2D eigenvalue weighted by atomic mass is 19.3. The number of methoxy groups -OCH3 is 1. The third-order valence-electron chi connectivity index (χ3n) is 1.32. The van der Waals surface area contributed by atoms with Crippen molar-refractivity contribution in [2.75, 3.05) is 13.7 Å². The molecule has 2 N–H and O–H groups in total. The zero-order chi connectivity index (χ0) is 9.56. The summed E-state index contributed by atoms with van der Waals surface area (Å²) in [5.74, 6) is -1.18. The lowest BCUT2D eigenvalue weighted by atomic mass is 10.1. The van der Waals surface area contributed by atoms with Crippen LogP contribution in [0.25, 0.3) is 0 Å². The first-order valence-electron chi connectivity index (χ1n) is 3.39. The second-order valence-electron chi connectivity index (χ2n) is 2.23. The molecule has 0 aromatic rings. The Hall–Kier alpha value is -0.970. The van der Waals surface area contributed by atoms with Crippen molar-refractivity contribution >= 4 is 5.97 Å². The quantitative estimate of drug-likeness (QED) is 0.652. The van der Waals surface area contributed by atoms with Crippen LogP contribution in [-0.4, -0.2) is 19.6 Å². The molecule has 0 aromatic carbocycles. The average Bonchev–Trinajstić information content (AvgIpc) is 2.02. The molecule has 0 bridgehead atoms. The fourth-order valence-corrected chi connectivity index (χ4v) is 0.686. The molecule has 0 unspecified atom stereocenters. The van der Waals surface area contributed by atoms with E-state index in [4.69, 9.17) is 5.73 Å². The van der Waals surface area contributed by atoms with Crippen molar-refractivity contribution in [2.24, 2.45) is 11.7 Å². The van der Waals surface area contributed by atoms with Crippen molar-refractivity contribution in [2.45, 2.75) is 6.42 Å². The molecule has 0 rings (SSSR count). The van der Waals surface area contributed by atoms with Crippen molar-refractivity contribution in [3.05, 3.63) is 12.2 Å². The van der Waals surface area contributed by atoms with Crippen molar-refractivity contribution in [3.8, 4) is 0 Å². The van der Waals surface area contributed by atoms with Crippen LogP contribution in [0.3, 0.4) is 0 Å². The Morgan fingerprint density at radius 3 is 2.58 bits per heavy atom. The zero-order valence-electron chi connectivity index (χ0n) is 6.72. The van der Waals surface area contributed by atoms with E-state index in [2.05, 4.69) is 4.74 Å². The molecule has 70 valence electrons. The third kappa shape index (κ3) is 4.79. The average molecular weight is 179 g/mol. The molecule has 0 saturated heterocycles. The number of ether oxygens (including phenoxy) is 1. The molecule has 0 fully saturated rings. The summed E-state index contributed by atoms with van der Waals surface area (Å²) in [7, 11) is 1.20. The van der Waals surface area contributed by atoms with Crippen LogP contribution in [0.4, 0.5) is 8.78 Å². The van der Waals surface area contributed by atoms with Crippen LogP contribution in [0.5, 0.6) is 0 Å². The monoisotopic (exact) mass is 179 g/mol. The number of esters is 1. The van der Waals surface area contributed by atoms with Crippen molar-refractivity contribution in [3.63, 3.8) is 0 Å². The first-order chi connectivity index (χ1) is 5.60. The van der Waals surface area contributed by atoms with Crippen LogP contribution in [0.15, 0.2) is 12.2 Å². The van der Waals surface area contributed by atoms with Gasteiger partial charge in [-0.15, -0.1) is 0 Å². The first kappa shape index (κ1) is 11.0. The van der Waals surface area contributed by atoms with Gasteiger partial charge in [0.1, 0.15) is 0 Å². The van der Waals surface area contributed by atoms with Crippen molar-refractivity contribution in [1.29, 1.82) is 0 Å². The van der Waals surface area contributed by atoms with Gasteiger partial charge in [-0.1, -0.05) is 0 Å².